The molecular weight excluding hydrogens is 404 g/mol. The van der Waals surface area contributed by atoms with Crippen LogP contribution < -0.4 is 16.2 Å². The van der Waals surface area contributed by atoms with Gasteiger partial charge in [-0.25, -0.2) is 10.9 Å². The molecule has 1 aliphatic heterocycles. The van der Waals surface area contributed by atoms with Crippen molar-refractivity contribution in [3.05, 3.63) is 44.9 Å². The van der Waals surface area contributed by atoms with Gasteiger partial charge in [0.05, 0.1) is 6.54 Å². The number of nitrogens with zero attached hydrogens (tertiary/aromatic N) is 2. The third-order valence-corrected chi connectivity index (χ3v) is 5.42. The van der Waals surface area contributed by atoms with E-state index in [1.807, 2.05) is 16.7 Å². The number of hydrogen-bond acceptors (Lipinski definition) is 5. The Morgan fingerprint density at radius 3 is 2.80 bits per heavy atom. The number of benzene rings is 1. The number of carbonyl (C=O) groups is 1. The molecule has 2 unspecified atom stereocenters. The van der Waals surface area contributed by atoms with Crippen molar-refractivity contribution < 1.29 is 4.79 Å². The largest absolute Gasteiger partial charge is 0.347 e. The number of hydrazine groups is 1. The first-order valence-electron chi connectivity index (χ1n) is 8.32. The second-order valence-corrected chi connectivity index (χ2v) is 7.75. The van der Waals surface area contributed by atoms with Crippen molar-refractivity contribution in [2.75, 3.05) is 0 Å². The molecule has 1 aromatic heterocycles. The van der Waals surface area contributed by atoms with Crippen LogP contribution >= 0.6 is 28.1 Å². The van der Waals surface area contributed by atoms with Crippen LogP contribution in [0.25, 0.3) is 0 Å². The number of nitrogens with one attached hydrogen (secondary N) is 4. The third-order valence-electron chi connectivity index (χ3n) is 4.60. The van der Waals surface area contributed by atoms with Gasteiger partial charge in [0.25, 0.3) is 0 Å². The molecule has 7 nitrogen and oxygen atoms in total. The Hall–Kier alpha value is -1.55. The van der Waals surface area contributed by atoms with E-state index in [0.29, 0.717) is 23.8 Å². The highest BCUT2D eigenvalue weighted by Crippen LogP contribution is 2.35. The van der Waals surface area contributed by atoms with Crippen molar-refractivity contribution >= 4 is 34.1 Å². The molecule has 4 rings (SSSR count). The zero-order valence-corrected chi connectivity index (χ0v) is 15.9. The lowest BCUT2D eigenvalue weighted by Crippen LogP contribution is -2.43. The van der Waals surface area contributed by atoms with Gasteiger partial charge in [-0.2, -0.15) is 5.10 Å². The number of rotatable bonds is 5. The minimum atomic E-state index is -0.273. The molecule has 1 aliphatic carbocycles. The lowest BCUT2D eigenvalue weighted by molar-refractivity contribution is -0.123. The fraction of sp³-hybridized carbons (Fsp3) is 0.438. The molecule has 1 amide bonds. The van der Waals surface area contributed by atoms with E-state index in [1.165, 1.54) is 0 Å². The van der Waals surface area contributed by atoms with Crippen LogP contribution in [0.1, 0.15) is 42.7 Å². The lowest BCUT2D eigenvalue weighted by Gasteiger charge is -2.11. The summed E-state index contributed by atoms with van der Waals surface area (Å²) in [7, 11) is 0. The van der Waals surface area contributed by atoms with Crippen LogP contribution in [0.15, 0.2) is 28.7 Å². The Balaban J connectivity index is 1.35. The van der Waals surface area contributed by atoms with E-state index in [1.54, 1.807) is 0 Å². The Morgan fingerprint density at radius 2 is 2.08 bits per heavy atom. The lowest BCUT2D eigenvalue weighted by atomic mass is 10.0. The van der Waals surface area contributed by atoms with Gasteiger partial charge in [0.2, 0.25) is 5.91 Å². The Morgan fingerprint density at radius 1 is 1.32 bits per heavy atom. The second kappa shape index (κ2) is 6.99. The molecule has 2 heterocycles. The summed E-state index contributed by atoms with van der Waals surface area (Å²) in [5.74, 6) is 0.750. The first kappa shape index (κ1) is 16.9. The molecule has 1 aromatic carbocycles. The van der Waals surface area contributed by atoms with Crippen molar-refractivity contribution in [2.45, 2.75) is 43.9 Å². The van der Waals surface area contributed by atoms with Crippen molar-refractivity contribution in [2.24, 2.45) is 0 Å². The second-order valence-electron chi connectivity index (χ2n) is 6.45. The molecule has 2 aliphatic rings. The van der Waals surface area contributed by atoms with Gasteiger partial charge < -0.3 is 5.32 Å². The topological polar surface area (TPSA) is 86.8 Å². The fourth-order valence-electron chi connectivity index (χ4n) is 3.10. The Bertz CT molecular complexity index is 828. The van der Waals surface area contributed by atoms with Crippen LogP contribution in [0.2, 0.25) is 0 Å². The molecule has 9 heteroatoms. The smallest absolute Gasteiger partial charge is 0.238 e. The van der Waals surface area contributed by atoms with Crippen molar-refractivity contribution in [3.8, 4) is 0 Å². The van der Waals surface area contributed by atoms with Crippen LogP contribution in [-0.2, 0) is 11.3 Å². The summed E-state index contributed by atoms with van der Waals surface area (Å²) in [6.45, 7) is 0.379. The van der Waals surface area contributed by atoms with E-state index in [0.717, 1.165) is 28.7 Å². The van der Waals surface area contributed by atoms with Gasteiger partial charge >= 0.3 is 0 Å². The highest BCUT2D eigenvalue weighted by atomic mass is 79.9. The summed E-state index contributed by atoms with van der Waals surface area (Å²) in [5.41, 5.74) is 7.43. The minimum absolute atomic E-state index is 0.0385. The summed E-state index contributed by atoms with van der Waals surface area (Å²) in [6, 6.07) is 8.39. The van der Waals surface area contributed by atoms with E-state index in [4.69, 9.17) is 12.2 Å². The number of H-pyrrole nitrogens is 1. The van der Waals surface area contributed by atoms with Crippen molar-refractivity contribution in [1.29, 1.82) is 0 Å². The van der Waals surface area contributed by atoms with Gasteiger partial charge in [0.15, 0.2) is 10.6 Å². The number of aromatic nitrogens is 3. The highest BCUT2D eigenvalue weighted by Gasteiger charge is 2.31. The maximum atomic E-state index is 12.5. The molecule has 2 atom stereocenters. The quantitative estimate of drug-likeness (QED) is 0.555. The Kier molecular flexibility index (Phi) is 4.72. The maximum absolute atomic E-state index is 12.5. The predicted octanol–water partition coefficient (Wildman–Crippen LogP) is 2.26. The number of carbonyl (C=O) groups excluding carboxylic acids is 1. The number of halogens is 1. The van der Waals surface area contributed by atoms with Crippen molar-refractivity contribution in [3.63, 3.8) is 0 Å². The standard InChI is InChI=1S/C16H19BrN6OS/c17-10-3-1-9(2-4-10)12-7-13(20-19-12)15(24)18-8-14-21-22-16(25)23(14)11-5-6-11/h1-4,11-13,19-20H,5-8H2,(H,18,24)(H,22,25). The van der Waals surface area contributed by atoms with Crippen LogP contribution in [0, 0.1) is 4.77 Å². The van der Waals surface area contributed by atoms with Crippen LogP contribution in [0.5, 0.6) is 0 Å². The summed E-state index contributed by atoms with van der Waals surface area (Å²) in [5, 5.41) is 10.0. The average molecular weight is 423 g/mol. The van der Waals surface area contributed by atoms with Gasteiger partial charge in [-0.1, -0.05) is 28.1 Å². The summed E-state index contributed by atoms with van der Waals surface area (Å²) in [4.78, 5) is 12.5. The minimum Gasteiger partial charge on any atom is -0.347 e. The summed E-state index contributed by atoms with van der Waals surface area (Å²) < 4.78 is 3.68. The molecule has 0 radical (unpaired) electrons. The van der Waals surface area contributed by atoms with Gasteiger partial charge in [0, 0.05) is 16.6 Å². The van der Waals surface area contributed by atoms with Gasteiger partial charge in [0.1, 0.15) is 6.04 Å². The van der Waals surface area contributed by atoms with E-state index in [9.17, 15) is 4.79 Å². The van der Waals surface area contributed by atoms with E-state index >= 15 is 0 Å². The van der Waals surface area contributed by atoms with Crippen LogP contribution in [0.4, 0.5) is 0 Å². The van der Waals surface area contributed by atoms with Crippen LogP contribution in [-0.4, -0.2) is 26.7 Å². The number of aromatic amines is 1. The van der Waals surface area contributed by atoms with Gasteiger partial charge in [-0.3, -0.25) is 14.5 Å². The maximum Gasteiger partial charge on any atom is 0.238 e. The number of amides is 1. The molecule has 1 saturated carbocycles. The molecule has 1 saturated heterocycles. The highest BCUT2D eigenvalue weighted by molar-refractivity contribution is 9.10. The molecule has 0 spiro atoms. The van der Waals surface area contributed by atoms with Gasteiger partial charge in [-0.05, 0) is 49.2 Å². The predicted molar refractivity (Wildman–Crippen MR) is 99.1 cm³/mol. The molecule has 2 aromatic rings. The fourth-order valence-corrected chi connectivity index (χ4v) is 3.67. The summed E-state index contributed by atoms with van der Waals surface area (Å²) >= 11 is 8.70. The first-order valence-corrected chi connectivity index (χ1v) is 9.52. The molecule has 132 valence electrons. The third kappa shape index (κ3) is 3.69. The first-order chi connectivity index (χ1) is 12.1. The SMILES string of the molecule is O=C(NCc1n[nH]c(=S)n1C1CC1)C1CC(c2ccc(Br)cc2)NN1. The zero-order valence-electron chi connectivity index (χ0n) is 13.5. The molecule has 4 N–H and O–H groups in total. The average Bonchev–Trinajstić information content (AvgIpc) is 3.19. The summed E-state index contributed by atoms with van der Waals surface area (Å²) in [6.07, 6.45) is 2.94. The van der Waals surface area contributed by atoms with E-state index < -0.39 is 0 Å². The molecular formula is C16H19BrN6OS. The number of hydrogen-bond donors (Lipinski definition) is 4. The monoisotopic (exact) mass is 422 g/mol. The Labute approximate surface area is 158 Å². The van der Waals surface area contributed by atoms with Gasteiger partial charge in [-0.15, -0.1) is 0 Å². The zero-order chi connectivity index (χ0) is 17.4. The normalized spacial score (nSPS) is 22.9. The van der Waals surface area contributed by atoms with Crippen molar-refractivity contribution in [1.82, 2.24) is 30.9 Å². The van der Waals surface area contributed by atoms with E-state index in [-0.39, 0.29) is 18.0 Å². The molecule has 25 heavy (non-hydrogen) atoms. The van der Waals surface area contributed by atoms with Crippen LogP contribution in [0.3, 0.4) is 0 Å². The molecule has 0 bridgehead atoms. The van der Waals surface area contributed by atoms with E-state index in [2.05, 4.69) is 54.4 Å². The molecule has 2 fully saturated rings.